The van der Waals surface area contributed by atoms with Crippen molar-refractivity contribution in [2.45, 2.75) is 19.4 Å². The molecule has 2 aromatic rings. The van der Waals surface area contributed by atoms with Gasteiger partial charge in [-0.25, -0.2) is 0 Å². The first-order valence-electron chi connectivity index (χ1n) is 8.16. The molecule has 0 aliphatic carbocycles. The number of rotatable bonds is 7. The summed E-state index contributed by atoms with van der Waals surface area (Å²) in [6, 6.07) is 13.2. The zero-order valence-corrected chi connectivity index (χ0v) is 14.7. The molecule has 26 heavy (non-hydrogen) atoms. The van der Waals surface area contributed by atoms with Gasteiger partial charge in [-0.2, -0.15) is 0 Å². The van der Waals surface area contributed by atoms with Crippen LogP contribution in [0.15, 0.2) is 48.5 Å². The van der Waals surface area contributed by atoms with E-state index in [4.69, 9.17) is 5.73 Å². The monoisotopic (exact) mass is 354 g/mol. The van der Waals surface area contributed by atoms with Crippen LogP contribution >= 0.6 is 0 Å². The van der Waals surface area contributed by atoms with Gasteiger partial charge in [0.1, 0.15) is 6.04 Å². The molecule has 0 unspecified atom stereocenters. The number of nitrogens with two attached hydrogens (primary N) is 1. The molecule has 3 amide bonds. The second-order valence-electron chi connectivity index (χ2n) is 5.84. The first-order chi connectivity index (χ1) is 12.4. The van der Waals surface area contributed by atoms with Crippen molar-refractivity contribution in [3.8, 4) is 0 Å². The molecule has 1 atom stereocenters. The molecular formula is C19H22N4O3. The molecule has 0 aromatic heterocycles. The second-order valence-corrected chi connectivity index (χ2v) is 5.84. The van der Waals surface area contributed by atoms with Crippen molar-refractivity contribution in [3.05, 3.63) is 59.7 Å². The van der Waals surface area contributed by atoms with E-state index < -0.39 is 11.9 Å². The molecule has 136 valence electrons. The molecule has 7 nitrogen and oxygen atoms in total. The molecular weight excluding hydrogens is 332 g/mol. The molecule has 0 aliphatic heterocycles. The summed E-state index contributed by atoms with van der Waals surface area (Å²) in [6.07, 6.45) is 0.314. The minimum Gasteiger partial charge on any atom is -0.374 e. The molecule has 0 saturated carbocycles. The van der Waals surface area contributed by atoms with Gasteiger partial charge in [-0.1, -0.05) is 12.1 Å². The van der Waals surface area contributed by atoms with Gasteiger partial charge >= 0.3 is 0 Å². The molecule has 0 heterocycles. The van der Waals surface area contributed by atoms with E-state index in [-0.39, 0.29) is 11.8 Å². The first-order valence-corrected chi connectivity index (χ1v) is 8.16. The Bertz CT molecular complexity index is 785. The van der Waals surface area contributed by atoms with Gasteiger partial charge in [-0.15, -0.1) is 0 Å². The van der Waals surface area contributed by atoms with Crippen LogP contribution < -0.4 is 21.7 Å². The number of primary amides is 1. The molecule has 0 bridgehead atoms. The van der Waals surface area contributed by atoms with Crippen LogP contribution in [0.3, 0.4) is 0 Å². The first kappa shape index (κ1) is 19.0. The lowest BCUT2D eigenvalue weighted by Crippen LogP contribution is -2.31. The van der Waals surface area contributed by atoms with Crippen LogP contribution in [-0.4, -0.2) is 30.8 Å². The van der Waals surface area contributed by atoms with Crippen molar-refractivity contribution in [1.82, 2.24) is 5.32 Å². The summed E-state index contributed by atoms with van der Waals surface area (Å²) in [4.78, 5) is 34.7. The third-order valence-electron chi connectivity index (χ3n) is 3.81. The van der Waals surface area contributed by atoms with Crippen molar-refractivity contribution < 1.29 is 14.4 Å². The summed E-state index contributed by atoms with van der Waals surface area (Å²) in [6.45, 7) is 1.74. The fourth-order valence-electron chi connectivity index (χ4n) is 2.28. The smallest absolute Gasteiger partial charge is 0.248 e. The highest BCUT2D eigenvalue weighted by Gasteiger charge is 2.13. The third kappa shape index (κ3) is 5.34. The van der Waals surface area contributed by atoms with Crippen molar-refractivity contribution in [1.29, 1.82) is 0 Å². The molecule has 0 aliphatic rings. The van der Waals surface area contributed by atoms with Crippen LogP contribution in [0.1, 0.15) is 22.8 Å². The van der Waals surface area contributed by atoms with E-state index in [1.54, 1.807) is 38.2 Å². The number of carbonyl (C=O) groups excluding carboxylic acids is 3. The fraction of sp³-hybridized carbons (Fsp3) is 0.211. The van der Waals surface area contributed by atoms with Crippen LogP contribution in [0.4, 0.5) is 11.4 Å². The number of carbonyl (C=O) groups is 3. The summed E-state index contributed by atoms with van der Waals surface area (Å²) >= 11 is 0. The van der Waals surface area contributed by atoms with Crippen molar-refractivity contribution in [2.24, 2.45) is 5.73 Å². The van der Waals surface area contributed by atoms with Gasteiger partial charge in [-0.3, -0.25) is 14.4 Å². The summed E-state index contributed by atoms with van der Waals surface area (Å²) in [5.74, 6) is -0.787. The Morgan fingerprint density at radius 2 is 1.54 bits per heavy atom. The molecule has 0 saturated heterocycles. The predicted octanol–water partition coefficient (Wildman–Crippen LogP) is 1.51. The third-order valence-corrected chi connectivity index (χ3v) is 3.81. The van der Waals surface area contributed by atoms with Gasteiger partial charge in [0.15, 0.2) is 0 Å². The van der Waals surface area contributed by atoms with Gasteiger partial charge in [0.2, 0.25) is 17.7 Å². The zero-order valence-electron chi connectivity index (χ0n) is 14.7. The van der Waals surface area contributed by atoms with E-state index in [1.807, 2.05) is 24.3 Å². The standard InChI is InChI=1S/C19H22N4O3/c1-12(19(26)23-16-9-5-14(6-10-16)18(20)25)22-15-7-3-13(4-8-15)11-17(24)21-2/h3-10,12,22H,11H2,1-2H3,(H2,20,25)(H,21,24)(H,23,26)/t12-/m0/s1. The fourth-order valence-corrected chi connectivity index (χ4v) is 2.28. The average molecular weight is 354 g/mol. The Balaban J connectivity index is 1.91. The van der Waals surface area contributed by atoms with Crippen LogP contribution in [0.5, 0.6) is 0 Å². The lowest BCUT2D eigenvalue weighted by molar-refractivity contribution is -0.120. The summed E-state index contributed by atoms with van der Waals surface area (Å²) in [7, 11) is 1.60. The number of anilines is 2. The Hall–Kier alpha value is -3.35. The molecule has 2 aromatic carbocycles. The van der Waals surface area contributed by atoms with Crippen LogP contribution in [0.25, 0.3) is 0 Å². The number of hydrogen-bond acceptors (Lipinski definition) is 4. The SMILES string of the molecule is CNC(=O)Cc1ccc(N[C@@H](C)C(=O)Nc2ccc(C(N)=O)cc2)cc1. The van der Waals surface area contributed by atoms with E-state index in [0.717, 1.165) is 11.3 Å². The molecule has 0 fully saturated rings. The molecule has 5 N–H and O–H groups in total. The van der Waals surface area contributed by atoms with Crippen LogP contribution in [0.2, 0.25) is 0 Å². The van der Waals surface area contributed by atoms with E-state index in [1.165, 1.54) is 0 Å². The van der Waals surface area contributed by atoms with Gasteiger partial charge in [0.25, 0.3) is 0 Å². The van der Waals surface area contributed by atoms with Crippen molar-refractivity contribution in [2.75, 3.05) is 17.7 Å². The largest absolute Gasteiger partial charge is 0.374 e. The number of amides is 3. The normalized spacial score (nSPS) is 11.3. The minimum absolute atomic E-state index is 0.0548. The molecule has 7 heteroatoms. The van der Waals surface area contributed by atoms with Crippen LogP contribution in [0, 0.1) is 0 Å². The number of nitrogens with one attached hydrogen (secondary N) is 3. The van der Waals surface area contributed by atoms with Crippen molar-refractivity contribution in [3.63, 3.8) is 0 Å². The second kappa shape index (κ2) is 8.66. The van der Waals surface area contributed by atoms with Gasteiger partial charge in [0, 0.05) is 24.0 Å². The Kier molecular flexibility index (Phi) is 6.32. The maximum atomic E-state index is 12.3. The Labute approximate surface area is 152 Å². The highest BCUT2D eigenvalue weighted by Crippen LogP contribution is 2.13. The zero-order chi connectivity index (χ0) is 19.1. The van der Waals surface area contributed by atoms with E-state index >= 15 is 0 Å². The van der Waals surface area contributed by atoms with E-state index in [0.29, 0.717) is 17.7 Å². The van der Waals surface area contributed by atoms with E-state index in [2.05, 4.69) is 16.0 Å². The molecule has 2 rings (SSSR count). The summed E-state index contributed by atoms with van der Waals surface area (Å²) in [5.41, 5.74) is 7.81. The maximum absolute atomic E-state index is 12.3. The molecule has 0 radical (unpaired) electrons. The number of benzene rings is 2. The Morgan fingerprint density at radius 3 is 2.08 bits per heavy atom. The molecule has 0 spiro atoms. The van der Waals surface area contributed by atoms with Gasteiger partial charge in [-0.05, 0) is 48.9 Å². The minimum atomic E-state index is -0.516. The van der Waals surface area contributed by atoms with Crippen molar-refractivity contribution >= 4 is 29.1 Å². The topological polar surface area (TPSA) is 113 Å². The maximum Gasteiger partial charge on any atom is 0.248 e. The summed E-state index contributed by atoms with van der Waals surface area (Å²) in [5, 5.41) is 8.44. The van der Waals surface area contributed by atoms with Gasteiger partial charge < -0.3 is 21.7 Å². The number of hydrogen-bond donors (Lipinski definition) is 4. The lowest BCUT2D eigenvalue weighted by atomic mass is 10.1. The van der Waals surface area contributed by atoms with Gasteiger partial charge in [0.05, 0.1) is 6.42 Å². The predicted molar refractivity (Wildman–Crippen MR) is 101 cm³/mol. The highest BCUT2D eigenvalue weighted by atomic mass is 16.2. The van der Waals surface area contributed by atoms with Crippen LogP contribution in [-0.2, 0) is 16.0 Å². The lowest BCUT2D eigenvalue weighted by Gasteiger charge is -2.15. The highest BCUT2D eigenvalue weighted by molar-refractivity contribution is 5.97. The summed E-state index contributed by atoms with van der Waals surface area (Å²) < 4.78 is 0. The quantitative estimate of drug-likeness (QED) is 0.603. The number of likely N-dealkylation sites (N-methyl/N-ethyl adjacent to an activating group) is 1. The average Bonchev–Trinajstić information content (AvgIpc) is 2.63. The van der Waals surface area contributed by atoms with E-state index in [9.17, 15) is 14.4 Å². The Morgan fingerprint density at radius 1 is 0.962 bits per heavy atom.